The van der Waals surface area contributed by atoms with E-state index in [0.717, 1.165) is 11.3 Å². The standard InChI is InChI=1S/C26H28N2O5/c1-19-7-4-5-10-24(19)32-16-15-28(2)26(30)20-11-13-22(14-12-20)33-18-25(29)27-21-8-6-9-23(17-21)31-3/h4-14,17H,15-16,18H2,1-3H3,(H,27,29). The van der Waals surface area contributed by atoms with Crippen LogP contribution in [-0.2, 0) is 4.79 Å². The number of para-hydroxylation sites is 1. The number of anilines is 1. The lowest BCUT2D eigenvalue weighted by atomic mass is 10.2. The summed E-state index contributed by atoms with van der Waals surface area (Å²) >= 11 is 0. The van der Waals surface area contributed by atoms with Crippen LogP contribution in [-0.4, -0.2) is 50.6 Å². The molecule has 0 unspecified atom stereocenters. The molecule has 0 heterocycles. The number of rotatable bonds is 10. The van der Waals surface area contributed by atoms with E-state index in [1.165, 1.54) is 0 Å². The van der Waals surface area contributed by atoms with Gasteiger partial charge in [0.05, 0.1) is 13.7 Å². The maximum absolute atomic E-state index is 12.6. The van der Waals surface area contributed by atoms with E-state index in [2.05, 4.69) is 5.32 Å². The van der Waals surface area contributed by atoms with Gasteiger partial charge in [-0.3, -0.25) is 9.59 Å². The second-order valence-electron chi connectivity index (χ2n) is 7.43. The number of methoxy groups -OCH3 is 1. The van der Waals surface area contributed by atoms with E-state index in [9.17, 15) is 9.59 Å². The summed E-state index contributed by atoms with van der Waals surface area (Å²) in [6, 6.07) is 21.5. The van der Waals surface area contributed by atoms with Gasteiger partial charge in [-0.1, -0.05) is 24.3 Å². The number of carbonyl (C=O) groups is 2. The van der Waals surface area contributed by atoms with Crippen molar-refractivity contribution in [3.05, 3.63) is 83.9 Å². The molecule has 0 spiro atoms. The van der Waals surface area contributed by atoms with Crippen molar-refractivity contribution in [3.63, 3.8) is 0 Å². The van der Waals surface area contributed by atoms with Gasteiger partial charge in [-0.05, 0) is 55.0 Å². The normalized spacial score (nSPS) is 10.3. The van der Waals surface area contributed by atoms with Crippen LogP contribution in [0.3, 0.4) is 0 Å². The van der Waals surface area contributed by atoms with Crippen molar-refractivity contribution in [2.45, 2.75) is 6.92 Å². The number of amides is 2. The smallest absolute Gasteiger partial charge is 0.262 e. The summed E-state index contributed by atoms with van der Waals surface area (Å²) in [6.07, 6.45) is 0. The summed E-state index contributed by atoms with van der Waals surface area (Å²) < 4.78 is 16.4. The summed E-state index contributed by atoms with van der Waals surface area (Å²) in [4.78, 5) is 26.4. The Morgan fingerprint density at radius 2 is 1.67 bits per heavy atom. The second kappa shape index (κ2) is 11.6. The zero-order valence-electron chi connectivity index (χ0n) is 19.0. The van der Waals surface area contributed by atoms with Crippen LogP contribution >= 0.6 is 0 Å². The van der Waals surface area contributed by atoms with Crippen LogP contribution in [0, 0.1) is 6.92 Å². The first-order valence-electron chi connectivity index (χ1n) is 10.6. The van der Waals surface area contributed by atoms with Gasteiger partial charge in [0.15, 0.2) is 6.61 Å². The first kappa shape index (κ1) is 23.7. The van der Waals surface area contributed by atoms with E-state index in [1.54, 1.807) is 67.6 Å². The van der Waals surface area contributed by atoms with E-state index in [1.807, 2.05) is 31.2 Å². The van der Waals surface area contributed by atoms with Gasteiger partial charge in [-0.25, -0.2) is 0 Å². The zero-order valence-corrected chi connectivity index (χ0v) is 19.0. The summed E-state index contributed by atoms with van der Waals surface area (Å²) in [7, 11) is 3.30. The van der Waals surface area contributed by atoms with Gasteiger partial charge in [0.25, 0.3) is 11.8 Å². The Hall–Kier alpha value is -4.00. The fourth-order valence-electron chi connectivity index (χ4n) is 3.07. The number of ether oxygens (including phenoxy) is 3. The highest BCUT2D eigenvalue weighted by atomic mass is 16.5. The molecule has 3 rings (SSSR count). The SMILES string of the molecule is COc1cccc(NC(=O)COc2ccc(C(=O)N(C)CCOc3ccccc3C)cc2)c1. The van der Waals surface area contributed by atoms with Gasteiger partial charge in [0, 0.05) is 24.4 Å². The van der Waals surface area contributed by atoms with Crippen molar-refractivity contribution >= 4 is 17.5 Å². The predicted octanol–water partition coefficient (Wildman–Crippen LogP) is 4.17. The highest BCUT2D eigenvalue weighted by Crippen LogP contribution is 2.18. The lowest BCUT2D eigenvalue weighted by Gasteiger charge is -2.18. The second-order valence-corrected chi connectivity index (χ2v) is 7.43. The minimum absolute atomic E-state index is 0.120. The number of hydrogen-bond acceptors (Lipinski definition) is 5. The van der Waals surface area contributed by atoms with Gasteiger partial charge in [0.2, 0.25) is 0 Å². The van der Waals surface area contributed by atoms with Gasteiger partial charge in [0.1, 0.15) is 23.9 Å². The molecule has 0 aliphatic carbocycles. The summed E-state index contributed by atoms with van der Waals surface area (Å²) in [6.45, 7) is 2.68. The predicted molar refractivity (Wildman–Crippen MR) is 127 cm³/mol. The molecule has 0 aromatic heterocycles. The topological polar surface area (TPSA) is 77.1 Å². The van der Waals surface area contributed by atoms with Crippen LogP contribution < -0.4 is 19.5 Å². The molecule has 0 aliphatic rings. The van der Waals surface area contributed by atoms with E-state index < -0.39 is 0 Å². The number of benzene rings is 3. The van der Waals surface area contributed by atoms with Crippen molar-refractivity contribution in [2.75, 3.05) is 39.2 Å². The molecular formula is C26H28N2O5. The molecule has 172 valence electrons. The van der Waals surface area contributed by atoms with Crippen LogP contribution in [0.2, 0.25) is 0 Å². The molecule has 0 radical (unpaired) electrons. The van der Waals surface area contributed by atoms with Crippen LogP contribution in [0.4, 0.5) is 5.69 Å². The highest BCUT2D eigenvalue weighted by Gasteiger charge is 2.12. The fraction of sp³-hybridized carbons (Fsp3) is 0.231. The third-order valence-electron chi connectivity index (χ3n) is 4.95. The average Bonchev–Trinajstić information content (AvgIpc) is 2.84. The van der Waals surface area contributed by atoms with E-state index in [0.29, 0.717) is 35.9 Å². The van der Waals surface area contributed by atoms with Crippen LogP contribution in [0.5, 0.6) is 17.2 Å². The molecule has 0 bridgehead atoms. The maximum Gasteiger partial charge on any atom is 0.262 e. The van der Waals surface area contributed by atoms with Crippen molar-refractivity contribution < 1.29 is 23.8 Å². The Labute approximate surface area is 193 Å². The summed E-state index contributed by atoms with van der Waals surface area (Å²) in [5.41, 5.74) is 2.21. The first-order chi connectivity index (χ1) is 16.0. The lowest BCUT2D eigenvalue weighted by Crippen LogP contribution is -2.30. The molecule has 0 saturated heterocycles. The Morgan fingerprint density at radius 1 is 0.909 bits per heavy atom. The third kappa shape index (κ3) is 7.00. The molecule has 7 nitrogen and oxygen atoms in total. The molecule has 1 N–H and O–H groups in total. The minimum Gasteiger partial charge on any atom is -0.497 e. The van der Waals surface area contributed by atoms with Crippen molar-refractivity contribution in [3.8, 4) is 17.2 Å². The molecular weight excluding hydrogens is 420 g/mol. The highest BCUT2D eigenvalue weighted by molar-refractivity contribution is 5.94. The van der Waals surface area contributed by atoms with Crippen LogP contribution in [0.25, 0.3) is 0 Å². The Morgan fingerprint density at radius 3 is 2.39 bits per heavy atom. The third-order valence-corrected chi connectivity index (χ3v) is 4.95. The Bertz CT molecular complexity index is 1080. The number of nitrogens with one attached hydrogen (secondary N) is 1. The van der Waals surface area contributed by atoms with E-state index in [-0.39, 0.29) is 18.4 Å². The van der Waals surface area contributed by atoms with Gasteiger partial charge in [-0.2, -0.15) is 0 Å². The number of likely N-dealkylation sites (N-methyl/N-ethyl adjacent to an activating group) is 1. The molecule has 7 heteroatoms. The Balaban J connectivity index is 1.45. The van der Waals surface area contributed by atoms with Crippen molar-refractivity contribution in [2.24, 2.45) is 0 Å². The largest absolute Gasteiger partial charge is 0.497 e. The van der Waals surface area contributed by atoms with Gasteiger partial charge < -0.3 is 24.4 Å². The number of nitrogens with zero attached hydrogens (tertiary/aromatic N) is 1. The lowest BCUT2D eigenvalue weighted by molar-refractivity contribution is -0.118. The fourth-order valence-corrected chi connectivity index (χ4v) is 3.07. The molecule has 0 aliphatic heterocycles. The first-order valence-corrected chi connectivity index (χ1v) is 10.6. The van der Waals surface area contributed by atoms with Crippen molar-refractivity contribution in [1.29, 1.82) is 0 Å². The maximum atomic E-state index is 12.6. The summed E-state index contributed by atoms with van der Waals surface area (Å²) in [5, 5.41) is 2.75. The average molecular weight is 449 g/mol. The van der Waals surface area contributed by atoms with E-state index >= 15 is 0 Å². The molecule has 0 atom stereocenters. The number of aryl methyl sites for hydroxylation is 1. The molecule has 0 saturated carbocycles. The van der Waals surface area contributed by atoms with Crippen LogP contribution in [0.1, 0.15) is 15.9 Å². The van der Waals surface area contributed by atoms with Crippen LogP contribution in [0.15, 0.2) is 72.8 Å². The number of carbonyl (C=O) groups excluding carboxylic acids is 2. The molecule has 0 fully saturated rings. The quantitative estimate of drug-likeness (QED) is 0.504. The zero-order chi connectivity index (χ0) is 23.6. The van der Waals surface area contributed by atoms with Crippen molar-refractivity contribution in [1.82, 2.24) is 4.90 Å². The molecule has 3 aromatic rings. The number of hydrogen-bond donors (Lipinski definition) is 1. The van der Waals surface area contributed by atoms with Gasteiger partial charge >= 0.3 is 0 Å². The molecule has 33 heavy (non-hydrogen) atoms. The van der Waals surface area contributed by atoms with E-state index in [4.69, 9.17) is 14.2 Å². The molecule has 3 aromatic carbocycles. The minimum atomic E-state index is -0.295. The molecule has 2 amide bonds. The summed E-state index contributed by atoms with van der Waals surface area (Å²) in [5.74, 6) is 1.55. The Kier molecular flexibility index (Phi) is 8.30. The monoisotopic (exact) mass is 448 g/mol. The van der Waals surface area contributed by atoms with Gasteiger partial charge in [-0.15, -0.1) is 0 Å².